The third-order valence-corrected chi connectivity index (χ3v) is 5.37. The summed E-state index contributed by atoms with van der Waals surface area (Å²) in [6.07, 6.45) is 10.9. The summed E-state index contributed by atoms with van der Waals surface area (Å²) in [5.74, 6) is 1.15. The Morgan fingerprint density at radius 3 is 2.68 bits per heavy atom. The SMILES string of the molecule is COc1ccc(CCC(=O)N2CCCN([C@@H]3C=CCCC3)CC2)cc1. The third-order valence-electron chi connectivity index (χ3n) is 5.37. The third kappa shape index (κ3) is 5.08. The van der Waals surface area contributed by atoms with Crippen LogP contribution in [0.3, 0.4) is 0 Å². The molecular formula is C21H30N2O2. The van der Waals surface area contributed by atoms with Crippen molar-refractivity contribution >= 4 is 5.91 Å². The van der Waals surface area contributed by atoms with Crippen molar-refractivity contribution in [2.75, 3.05) is 33.3 Å². The fraction of sp³-hybridized carbons (Fsp3) is 0.571. The van der Waals surface area contributed by atoms with Crippen LogP contribution in [0.4, 0.5) is 0 Å². The van der Waals surface area contributed by atoms with Gasteiger partial charge in [-0.1, -0.05) is 24.3 Å². The molecule has 0 aromatic heterocycles. The fourth-order valence-corrected chi connectivity index (χ4v) is 3.82. The first-order chi connectivity index (χ1) is 12.3. The molecule has 0 bridgehead atoms. The van der Waals surface area contributed by atoms with Crippen molar-refractivity contribution in [2.45, 2.75) is 44.6 Å². The molecule has 0 radical (unpaired) electrons. The highest BCUT2D eigenvalue weighted by atomic mass is 16.5. The largest absolute Gasteiger partial charge is 0.497 e. The Bertz CT molecular complexity index is 582. The molecule has 0 spiro atoms. The van der Waals surface area contributed by atoms with E-state index in [1.54, 1.807) is 7.11 Å². The van der Waals surface area contributed by atoms with Crippen LogP contribution in [0.25, 0.3) is 0 Å². The number of hydrogen-bond acceptors (Lipinski definition) is 3. The normalized spacial score (nSPS) is 21.8. The van der Waals surface area contributed by atoms with Crippen molar-refractivity contribution in [3.05, 3.63) is 42.0 Å². The number of hydrogen-bond donors (Lipinski definition) is 0. The highest BCUT2D eigenvalue weighted by molar-refractivity contribution is 5.76. The number of nitrogens with zero attached hydrogens (tertiary/aromatic N) is 2. The molecule has 0 N–H and O–H groups in total. The number of amides is 1. The predicted octanol–water partition coefficient (Wildman–Crippen LogP) is 3.27. The second kappa shape index (κ2) is 9.04. The Hall–Kier alpha value is -1.81. The maximum atomic E-state index is 12.6. The molecule has 136 valence electrons. The molecule has 1 saturated heterocycles. The van der Waals surface area contributed by atoms with Gasteiger partial charge in [-0.3, -0.25) is 9.69 Å². The lowest BCUT2D eigenvalue weighted by Gasteiger charge is -2.30. The Kier molecular flexibility index (Phi) is 6.51. The van der Waals surface area contributed by atoms with Gasteiger partial charge in [0, 0.05) is 38.6 Å². The molecule has 1 atom stereocenters. The van der Waals surface area contributed by atoms with Crippen LogP contribution in [-0.4, -0.2) is 55.0 Å². The molecule has 1 aromatic carbocycles. The Labute approximate surface area is 151 Å². The molecule has 1 aromatic rings. The molecule has 4 nitrogen and oxygen atoms in total. The zero-order chi connectivity index (χ0) is 17.5. The zero-order valence-electron chi connectivity index (χ0n) is 15.3. The van der Waals surface area contributed by atoms with Crippen LogP contribution in [0.5, 0.6) is 5.75 Å². The standard InChI is InChI=1S/C21H30N2O2/c1-25-20-11-8-18(9-12-20)10-13-21(24)23-15-5-14-22(16-17-23)19-6-3-2-4-7-19/h3,6,8-9,11-12,19H,2,4-5,7,10,13-17H2,1H3/t19-/m1/s1. The minimum absolute atomic E-state index is 0.289. The number of benzene rings is 1. The quantitative estimate of drug-likeness (QED) is 0.770. The van der Waals surface area contributed by atoms with Crippen molar-refractivity contribution in [3.8, 4) is 5.75 Å². The van der Waals surface area contributed by atoms with Crippen LogP contribution in [0.2, 0.25) is 0 Å². The van der Waals surface area contributed by atoms with Gasteiger partial charge in [0.25, 0.3) is 0 Å². The number of allylic oxidation sites excluding steroid dienone is 1. The van der Waals surface area contributed by atoms with Crippen LogP contribution >= 0.6 is 0 Å². The summed E-state index contributed by atoms with van der Waals surface area (Å²) in [7, 11) is 1.67. The second-order valence-electron chi connectivity index (χ2n) is 7.04. The molecular weight excluding hydrogens is 312 g/mol. The molecule has 4 heteroatoms. The van der Waals surface area contributed by atoms with Gasteiger partial charge < -0.3 is 9.64 Å². The molecule has 0 saturated carbocycles. The average molecular weight is 342 g/mol. The average Bonchev–Trinajstić information content (AvgIpc) is 2.93. The summed E-state index contributed by atoms with van der Waals surface area (Å²) < 4.78 is 5.18. The van der Waals surface area contributed by atoms with Crippen molar-refractivity contribution in [3.63, 3.8) is 0 Å². The van der Waals surface area contributed by atoms with E-state index in [0.717, 1.165) is 44.8 Å². The van der Waals surface area contributed by atoms with E-state index in [0.29, 0.717) is 12.5 Å². The van der Waals surface area contributed by atoms with Crippen molar-refractivity contribution in [1.29, 1.82) is 0 Å². The van der Waals surface area contributed by atoms with Gasteiger partial charge in [0.1, 0.15) is 5.75 Å². The second-order valence-corrected chi connectivity index (χ2v) is 7.04. The van der Waals surface area contributed by atoms with Crippen molar-refractivity contribution in [2.24, 2.45) is 0 Å². The summed E-state index contributed by atoms with van der Waals surface area (Å²) in [6, 6.07) is 8.60. The number of aryl methyl sites for hydroxylation is 1. The van der Waals surface area contributed by atoms with E-state index >= 15 is 0 Å². The Balaban J connectivity index is 1.47. The summed E-state index contributed by atoms with van der Waals surface area (Å²) in [4.78, 5) is 17.2. The minimum Gasteiger partial charge on any atom is -0.497 e. The highest BCUT2D eigenvalue weighted by Gasteiger charge is 2.23. The monoisotopic (exact) mass is 342 g/mol. The van der Waals surface area contributed by atoms with Gasteiger partial charge >= 0.3 is 0 Å². The fourth-order valence-electron chi connectivity index (χ4n) is 3.82. The van der Waals surface area contributed by atoms with E-state index in [2.05, 4.69) is 22.0 Å². The number of rotatable bonds is 5. The van der Waals surface area contributed by atoms with E-state index < -0.39 is 0 Å². The van der Waals surface area contributed by atoms with Crippen LogP contribution < -0.4 is 4.74 Å². The van der Waals surface area contributed by atoms with E-state index in [9.17, 15) is 4.79 Å². The smallest absolute Gasteiger partial charge is 0.222 e. The summed E-state index contributed by atoms with van der Waals surface area (Å²) in [6.45, 7) is 3.88. The van der Waals surface area contributed by atoms with E-state index in [1.807, 2.05) is 24.3 Å². The first kappa shape index (κ1) is 18.0. The van der Waals surface area contributed by atoms with Crippen LogP contribution in [-0.2, 0) is 11.2 Å². The molecule has 2 aliphatic rings. The molecule has 1 heterocycles. The molecule has 1 fully saturated rings. The first-order valence-electron chi connectivity index (χ1n) is 9.57. The van der Waals surface area contributed by atoms with Crippen molar-refractivity contribution < 1.29 is 9.53 Å². The van der Waals surface area contributed by atoms with Crippen LogP contribution in [0.1, 0.15) is 37.7 Å². The Morgan fingerprint density at radius 2 is 1.96 bits per heavy atom. The molecule has 1 amide bonds. The minimum atomic E-state index is 0.289. The van der Waals surface area contributed by atoms with Gasteiger partial charge in [-0.25, -0.2) is 0 Å². The molecule has 1 aliphatic heterocycles. The van der Waals surface area contributed by atoms with Gasteiger partial charge in [-0.15, -0.1) is 0 Å². The lowest BCUT2D eigenvalue weighted by molar-refractivity contribution is -0.131. The molecule has 3 rings (SSSR count). The summed E-state index contributed by atoms with van der Waals surface area (Å²) in [5, 5.41) is 0. The van der Waals surface area contributed by atoms with Gasteiger partial charge in [-0.05, 0) is 49.8 Å². The topological polar surface area (TPSA) is 32.8 Å². The first-order valence-corrected chi connectivity index (χ1v) is 9.57. The van der Waals surface area contributed by atoms with E-state index in [-0.39, 0.29) is 5.91 Å². The van der Waals surface area contributed by atoms with Gasteiger partial charge in [0.05, 0.1) is 7.11 Å². The maximum Gasteiger partial charge on any atom is 0.222 e. The Morgan fingerprint density at radius 1 is 1.12 bits per heavy atom. The maximum absolute atomic E-state index is 12.6. The van der Waals surface area contributed by atoms with E-state index in [4.69, 9.17) is 4.74 Å². The molecule has 0 unspecified atom stereocenters. The number of methoxy groups -OCH3 is 1. The molecule has 25 heavy (non-hydrogen) atoms. The van der Waals surface area contributed by atoms with Crippen molar-refractivity contribution in [1.82, 2.24) is 9.80 Å². The summed E-state index contributed by atoms with van der Waals surface area (Å²) in [5.41, 5.74) is 1.19. The molecule has 1 aliphatic carbocycles. The van der Waals surface area contributed by atoms with Gasteiger partial charge in [-0.2, -0.15) is 0 Å². The zero-order valence-corrected chi connectivity index (χ0v) is 15.3. The lowest BCUT2D eigenvalue weighted by atomic mass is 10.0. The van der Waals surface area contributed by atoms with Crippen LogP contribution in [0.15, 0.2) is 36.4 Å². The number of carbonyl (C=O) groups is 1. The highest BCUT2D eigenvalue weighted by Crippen LogP contribution is 2.19. The summed E-state index contributed by atoms with van der Waals surface area (Å²) >= 11 is 0. The number of ether oxygens (including phenoxy) is 1. The van der Waals surface area contributed by atoms with Gasteiger partial charge in [0.15, 0.2) is 0 Å². The van der Waals surface area contributed by atoms with E-state index in [1.165, 1.54) is 24.8 Å². The van der Waals surface area contributed by atoms with Crippen LogP contribution in [0, 0.1) is 0 Å². The number of carbonyl (C=O) groups excluding carboxylic acids is 1. The van der Waals surface area contributed by atoms with Gasteiger partial charge in [0.2, 0.25) is 5.91 Å². The predicted molar refractivity (Wildman–Crippen MR) is 101 cm³/mol. The lowest BCUT2D eigenvalue weighted by Crippen LogP contribution is -2.39.